The van der Waals surface area contributed by atoms with Crippen LogP contribution in [0.15, 0.2) is 81.2 Å². The molecule has 0 aliphatic rings. The van der Waals surface area contributed by atoms with Crippen LogP contribution < -0.4 is 0 Å². The van der Waals surface area contributed by atoms with Gasteiger partial charge in [0, 0.05) is 10.9 Å². The zero-order valence-corrected chi connectivity index (χ0v) is 13.7. The second kappa shape index (κ2) is 5.37. The van der Waals surface area contributed by atoms with Gasteiger partial charge >= 0.3 is 0 Å². The van der Waals surface area contributed by atoms with E-state index >= 15 is 0 Å². The minimum Gasteiger partial charge on any atom is -0.353 e. The molecule has 3 nitrogen and oxygen atoms in total. The Hall–Kier alpha value is -2.37. The van der Waals surface area contributed by atoms with Crippen LogP contribution in [0.2, 0.25) is 0 Å². The van der Waals surface area contributed by atoms with Crippen molar-refractivity contribution >= 4 is 32.1 Å². The first-order valence-corrected chi connectivity index (χ1v) is 9.49. The normalized spacial score (nSPS) is 11.8. The molecule has 0 bridgehead atoms. The van der Waals surface area contributed by atoms with E-state index in [1.54, 1.807) is 17.5 Å². The van der Waals surface area contributed by atoms with Crippen molar-refractivity contribution in [1.29, 1.82) is 0 Å². The molecule has 0 spiro atoms. The third-order valence-electron chi connectivity index (χ3n) is 3.75. The van der Waals surface area contributed by atoms with Crippen LogP contribution in [-0.4, -0.2) is 13.4 Å². The highest BCUT2D eigenvalue weighted by atomic mass is 32.2. The average molecular weight is 339 g/mol. The summed E-state index contributed by atoms with van der Waals surface area (Å²) < 4.78 is 26.7. The smallest absolute Gasteiger partial charge is 0.218 e. The highest BCUT2D eigenvalue weighted by Gasteiger charge is 2.27. The Kier molecular flexibility index (Phi) is 3.32. The van der Waals surface area contributed by atoms with Gasteiger partial charge in [-0.2, -0.15) is 0 Å². The maximum atomic E-state index is 13.2. The molecule has 23 heavy (non-hydrogen) atoms. The van der Waals surface area contributed by atoms with Gasteiger partial charge in [-0.1, -0.05) is 54.6 Å². The van der Waals surface area contributed by atoms with Gasteiger partial charge in [-0.25, -0.2) is 8.42 Å². The summed E-state index contributed by atoms with van der Waals surface area (Å²) in [6, 6.07) is 20.5. The molecule has 0 amide bonds. The number of hydrogen-bond acceptors (Lipinski definition) is 3. The lowest BCUT2D eigenvalue weighted by atomic mass is 10.1. The lowest BCUT2D eigenvalue weighted by Gasteiger charge is -2.05. The van der Waals surface area contributed by atoms with E-state index in [1.807, 2.05) is 54.6 Å². The van der Waals surface area contributed by atoms with E-state index in [2.05, 4.69) is 4.98 Å². The fourth-order valence-electron chi connectivity index (χ4n) is 2.72. The number of thiophene rings is 1. The Balaban J connectivity index is 2.09. The van der Waals surface area contributed by atoms with Crippen molar-refractivity contribution in [2.75, 3.05) is 0 Å². The summed E-state index contributed by atoms with van der Waals surface area (Å²) >= 11 is 1.24. The van der Waals surface area contributed by atoms with Crippen molar-refractivity contribution in [2.24, 2.45) is 0 Å². The monoisotopic (exact) mass is 339 g/mol. The van der Waals surface area contributed by atoms with Crippen LogP contribution in [0.3, 0.4) is 0 Å². The van der Waals surface area contributed by atoms with Crippen molar-refractivity contribution in [2.45, 2.75) is 9.10 Å². The molecule has 0 radical (unpaired) electrons. The molecule has 114 valence electrons. The molecule has 0 aliphatic carbocycles. The first-order chi connectivity index (χ1) is 11.2. The summed E-state index contributed by atoms with van der Waals surface area (Å²) in [6.45, 7) is 0. The number of aromatic nitrogens is 1. The van der Waals surface area contributed by atoms with Gasteiger partial charge in [0.05, 0.1) is 5.69 Å². The zero-order valence-electron chi connectivity index (χ0n) is 12.1. The van der Waals surface area contributed by atoms with E-state index in [9.17, 15) is 8.42 Å². The van der Waals surface area contributed by atoms with E-state index < -0.39 is 9.84 Å². The fourth-order valence-corrected chi connectivity index (χ4v) is 5.46. The Morgan fingerprint density at radius 1 is 0.826 bits per heavy atom. The average Bonchev–Trinajstić information content (AvgIpc) is 3.24. The van der Waals surface area contributed by atoms with Crippen molar-refractivity contribution in [3.8, 4) is 11.3 Å². The summed E-state index contributed by atoms with van der Waals surface area (Å²) in [5.74, 6) is 0. The standard InChI is InChI=1S/C18H13NO2S2/c20-23(21,16-11-6-12-22-16)18-14-9-4-5-10-15(14)19-17(18)13-7-2-1-3-8-13/h1-12,19H. The molecule has 0 fully saturated rings. The predicted molar refractivity (Wildman–Crippen MR) is 93.5 cm³/mol. The van der Waals surface area contributed by atoms with Gasteiger partial charge in [0.15, 0.2) is 0 Å². The molecule has 2 heterocycles. The van der Waals surface area contributed by atoms with Crippen LogP contribution >= 0.6 is 11.3 Å². The van der Waals surface area contributed by atoms with E-state index in [0.29, 0.717) is 14.8 Å². The fraction of sp³-hybridized carbons (Fsp3) is 0. The maximum Gasteiger partial charge on any atom is 0.218 e. The van der Waals surface area contributed by atoms with Gasteiger partial charge in [0.25, 0.3) is 0 Å². The van der Waals surface area contributed by atoms with Gasteiger partial charge in [0.2, 0.25) is 9.84 Å². The number of fused-ring (bicyclic) bond motifs is 1. The predicted octanol–water partition coefficient (Wildman–Crippen LogP) is 4.73. The Labute approximate surface area is 138 Å². The molecule has 2 aromatic carbocycles. The van der Waals surface area contributed by atoms with Crippen molar-refractivity contribution < 1.29 is 8.42 Å². The first kappa shape index (κ1) is 14.2. The van der Waals surface area contributed by atoms with Gasteiger partial charge in [-0.3, -0.25) is 0 Å². The molecule has 0 saturated carbocycles. The van der Waals surface area contributed by atoms with E-state index in [1.165, 1.54) is 11.3 Å². The second-order valence-corrected chi connectivity index (χ2v) is 8.24. The summed E-state index contributed by atoms with van der Waals surface area (Å²) in [6.07, 6.45) is 0. The quantitative estimate of drug-likeness (QED) is 0.586. The van der Waals surface area contributed by atoms with Gasteiger partial charge < -0.3 is 4.98 Å². The number of para-hydroxylation sites is 1. The zero-order chi connectivity index (χ0) is 15.9. The summed E-state index contributed by atoms with van der Waals surface area (Å²) in [5, 5.41) is 2.50. The van der Waals surface area contributed by atoms with Gasteiger partial charge in [-0.15, -0.1) is 11.3 Å². The number of nitrogens with one attached hydrogen (secondary N) is 1. The lowest BCUT2D eigenvalue weighted by molar-refractivity contribution is 0.599. The van der Waals surface area contributed by atoms with Crippen LogP contribution in [0.4, 0.5) is 0 Å². The van der Waals surface area contributed by atoms with Crippen molar-refractivity contribution in [3.05, 3.63) is 72.1 Å². The Bertz CT molecular complexity index is 1060. The largest absolute Gasteiger partial charge is 0.353 e. The number of hydrogen-bond donors (Lipinski definition) is 1. The highest BCUT2D eigenvalue weighted by Crippen LogP contribution is 2.38. The molecule has 2 aromatic heterocycles. The number of H-pyrrole nitrogens is 1. The van der Waals surface area contributed by atoms with E-state index in [-0.39, 0.29) is 0 Å². The minimum atomic E-state index is -3.57. The van der Waals surface area contributed by atoms with E-state index in [4.69, 9.17) is 0 Å². The number of rotatable bonds is 3. The lowest BCUT2D eigenvalue weighted by Crippen LogP contribution is -2.01. The Morgan fingerprint density at radius 2 is 1.57 bits per heavy atom. The molecule has 0 atom stereocenters. The van der Waals surface area contributed by atoms with Crippen LogP contribution in [0.1, 0.15) is 0 Å². The third kappa shape index (κ3) is 2.29. The summed E-state index contributed by atoms with van der Waals surface area (Å²) in [5.41, 5.74) is 2.32. The summed E-state index contributed by atoms with van der Waals surface area (Å²) in [7, 11) is -3.57. The number of benzene rings is 2. The number of aromatic amines is 1. The van der Waals surface area contributed by atoms with Crippen LogP contribution in [0, 0.1) is 0 Å². The molecular weight excluding hydrogens is 326 g/mol. The van der Waals surface area contributed by atoms with Gasteiger partial charge in [-0.05, 0) is 23.1 Å². The van der Waals surface area contributed by atoms with Crippen LogP contribution in [0.25, 0.3) is 22.2 Å². The molecule has 0 unspecified atom stereocenters. The molecule has 5 heteroatoms. The van der Waals surface area contributed by atoms with Gasteiger partial charge in [0.1, 0.15) is 9.10 Å². The van der Waals surface area contributed by atoms with Crippen LogP contribution in [0.5, 0.6) is 0 Å². The highest BCUT2D eigenvalue weighted by molar-refractivity contribution is 7.93. The summed E-state index contributed by atoms with van der Waals surface area (Å²) in [4.78, 5) is 3.62. The molecule has 4 rings (SSSR count). The molecule has 1 N–H and O–H groups in total. The molecule has 0 saturated heterocycles. The van der Waals surface area contributed by atoms with Crippen molar-refractivity contribution in [1.82, 2.24) is 4.98 Å². The first-order valence-electron chi connectivity index (χ1n) is 7.12. The molecule has 0 aliphatic heterocycles. The number of sulfone groups is 1. The van der Waals surface area contributed by atoms with E-state index in [0.717, 1.165) is 16.5 Å². The van der Waals surface area contributed by atoms with Crippen LogP contribution in [-0.2, 0) is 9.84 Å². The SMILES string of the molecule is O=S(=O)(c1cccs1)c1c(-c2ccccc2)[nH]c2ccccc12. The Morgan fingerprint density at radius 3 is 2.30 bits per heavy atom. The molecule has 4 aromatic rings. The molecular formula is C18H13NO2S2. The minimum absolute atomic E-state index is 0.349. The second-order valence-electron chi connectivity index (χ2n) is 5.18. The maximum absolute atomic E-state index is 13.2. The topological polar surface area (TPSA) is 49.9 Å². The third-order valence-corrected chi connectivity index (χ3v) is 6.99. The van der Waals surface area contributed by atoms with Crippen molar-refractivity contribution in [3.63, 3.8) is 0 Å².